The van der Waals surface area contributed by atoms with Crippen molar-refractivity contribution in [2.75, 3.05) is 49.6 Å². The van der Waals surface area contributed by atoms with E-state index in [-0.39, 0.29) is 48.8 Å². The molecular weight excluding hydrogens is 471 g/mol. The molecule has 1 aromatic heterocycles. The summed E-state index contributed by atoms with van der Waals surface area (Å²) >= 11 is 7.05. The van der Waals surface area contributed by atoms with E-state index >= 15 is 0 Å². The second kappa shape index (κ2) is 11.6. The third-order valence-electron chi connectivity index (χ3n) is 5.30. The monoisotopic (exact) mass is 496 g/mol. The van der Waals surface area contributed by atoms with Crippen LogP contribution in [-0.4, -0.2) is 68.1 Å². The van der Waals surface area contributed by atoms with Gasteiger partial charge in [-0.2, -0.15) is 0 Å². The van der Waals surface area contributed by atoms with Gasteiger partial charge in [0, 0.05) is 18.8 Å². The van der Waals surface area contributed by atoms with Gasteiger partial charge in [0.05, 0.1) is 21.5 Å². The minimum absolute atomic E-state index is 0.0741. The molecule has 178 valence electrons. The van der Waals surface area contributed by atoms with Gasteiger partial charge in [-0.25, -0.2) is 4.39 Å². The van der Waals surface area contributed by atoms with E-state index in [0.29, 0.717) is 28.9 Å². The van der Waals surface area contributed by atoms with E-state index in [9.17, 15) is 18.8 Å². The minimum atomic E-state index is -0.664. The number of halogens is 2. The Bertz CT molecular complexity index is 1010. The first kappa shape index (κ1) is 25.1. The SMILES string of the molecule is CCN(CC)[C@@H](CNC(=O)c1ccc(Cl)s1)C(=O)Nc1ccc(N2CCOCC2=O)c(F)c1. The number of carbonyl (C=O) groups is 3. The van der Waals surface area contributed by atoms with Crippen molar-refractivity contribution in [3.8, 4) is 0 Å². The predicted molar refractivity (Wildman–Crippen MR) is 127 cm³/mol. The Balaban J connectivity index is 1.70. The van der Waals surface area contributed by atoms with Crippen molar-refractivity contribution in [2.24, 2.45) is 0 Å². The molecule has 1 atom stereocenters. The Kier molecular flexibility index (Phi) is 8.79. The first-order valence-electron chi connectivity index (χ1n) is 10.6. The van der Waals surface area contributed by atoms with Crippen LogP contribution in [0.1, 0.15) is 23.5 Å². The van der Waals surface area contributed by atoms with Crippen molar-refractivity contribution in [3.05, 3.63) is 45.4 Å². The number of carbonyl (C=O) groups excluding carboxylic acids is 3. The lowest BCUT2D eigenvalue weighted by atomic mass is 10.2. The van der Waals surface area contributed by atoms with Crippen molar-refractivity contribution < 1.29 is 23.5 Å². The highest BCUT2D eigenvalue weighted by Gasteiger charge is 2.26. The van der Waals surface area contributed by atoms with Gasteiger partial charge >= 0.3 is 0 Å². The topological polar surface area (TPSA) is 91.0 Å². The molecular formula is C22H26ClFN4O4S. The molecule has 2 aromatic rings. The lowest BCUT2D eigenvalue weighted by Crippen LogP contribution is -2.50. The molecule has 1 aliphatic rings. The highest BCUT2D eigenvalue weighted by atomic mass is 35.5. The van der Waals surface area contributed by atoms with Crippen LogP contribution in [0.15, 0.2) is 30.3 Å². The summed E-state index contributed by atoms with van der Waals surface area (Å²) in [5, 5.41) is 5.50. The zero-order valence-corrected chi connectivity index (χ0v) is 20.0. The number of hydrogen-bond acceptors (Lipinski definition) is 6. The first-order chi connectivity index (χ1) is 15.8. The number of ether oxygens (including phenoxy) is 1. The molecule has 3 rings (SSSR count). The highest BCUT2D eigenvalue weighted by Crippen LogP contribution is 2.25. The summed E-state index contributed by atoms with van der Waals surface area (Å²) in [6, 6.07) is 6.79. The lowest BCUT2D eigenvalue weighted by Gasteiger charge is -2.29. The smallest absolute Gasteiger partial charge is 0.261 e. The molecule has 33 heavy (non-hydrogen) atoms. The minimum Gasteiger partial charge on any atom is -0.370 e. The van der Waals surface area contributed by atoms with Gasteiger partial charge in [0.1, 0.15) is 18.5 Å². The fraction of sp³-hybridized carbons (Fsp3) is 0.409. The fourth-order valence-corrected chi connectivity index (χ4v) is 4.53. The Labute approximate surface area is 200 Å². The molecule has 2 N–H and O–H groups in total. The summed E-state index contributed by atoms with van der Waals surface area (Å²) in [5.74, 6) is -1.63. The van der Waals surface area contributed by atoms with E-state index in [4.69, 9.17) is 16.3 Å². The molecule has 11 heteroatoms. The summed E-state index contributed by atoms with van der Waals surface area (Å²) in [4.78, 5) is 41.1. The molecule has 1 saturated heterocycles. The van der Waals surface area contributed by atoms with Crippen LogP contribution in [0.4, 0.5) is 15.8 Å². The Morgan fingerprint density at radius 2 is 2.03 bits per heavy atom. The molecule has 1 aromatic carbocycles. The zero-order chi connectivity index (χ0) is 24.0. The van der Waals surface area contributed by atoms with Gasteiger partial charge in [-0.15, -0.1) is 11.3 Å². The standard InChI is InChI=1S/C22H26ClFN4O4S/c1-3-27(4-2)17(12-25-22(31)18-7-8-19(23)33-18)21(30)26-14-5-6-16(15(24)11-14)28-9-10-32-13-20(28)29/h5-8,11,17H,3-4,9-10,12-13H2,1-2H3,(H,25,31)(H,26,30)/t17-/m0/s1. The fourth-order valence-electron chi connectivity index (χ4n) is 3.57. The van der Waals surface area contributed by atoms with Crippen LogP contribution in [0.2, 0.25) is 4.34 Å². The lowest BCUT2D eigenvalue weighted by molar-refractivity contribution is -0.125. The number of morpholine rings is 1. The molecule has 0 bridgehead atoms. The van der Waals surface area contributed by atoms with Crippen molar-refractivity contribution in [1.29, 1.82) is 0 Å². The van der Waals surface area contributed by atoms with Crippen molar-refractivity contribution in [1.82, 2.24) is 10.2 Å². The number of nitrogens with zero attached hydrogens (tertiary/aromatic N) is 2. The predicted octanol–water partition coefficient (Wildman–Crippen LogP) is 2.98. The second-order valence-corrected chi connectivity index (χ2v) is 9.02. The number of rotatable bonds is 9. The quantitative estimate of drug-likeness (QED) is 0.557. The maximum absolute atomic E-state index is 14.7. The summed E-state index contributed by atoms with van der Waals surface area (Å²) in [6.45, 7) is 5.58. The number of nitrogens with one attached hydrogen (secondary N) is 2. The van der Waals surface area contributed by atoms with Crippen LogP contribution in [0.3, 0.4) is 0 Å². The molecule has 8 nitrogen and oxygen atoms in total. The van der Waals surface area contributed by atoms with Gasteiger partial charge in [0.2, 0.25) is 5.91 Å². The maximum atomic E-state index is 14.7. The Morgan fingerprint density at radius 3 is 2.64 bits per heavy atom. The number of anilines is 2. The number of amides is 3. The van der Waals surface area contributed by atoms with E-state index in [1.54, 1.807) is 18.2 Å². The summed E-state index contributed by atoms with van der Waals surface area (Å²) in [7, 11) is 0. The van der Waals surface area contributed by atoms with Gasteiger partial charge in [0.25, 0.3) is 11.8 Å². The summed E-state index contributed by atoms with van der Waals surface area (Å²) < 4.78 is 20.3. The van der Waals surface area contributed by atoms with Gasteiger partial charge < -0.3 is 20.3 Å². The van der Waals surface area contributed by atoms with Crippen molar-refractivity contribution in [2.45, 2.75) is 19.9 Å². The Morgan fingerprint density at radius 1 is 1.27 bits per heavy atom. The van der Waals surface area contributed by atoms with E-state index in [2.05, 4.69) is 10.6 Å². The van der Waals surface area contributed by atoms with Crippen LogP contribution < -0.4 is 15.5 Å². The van der Waals surface area contributed by atoms with Gasteiger partial charge in [-0.1, -0.05) is 25.4 Å². The second-order valence-electron chi connectivity index (χ2n) is 7.30. The van der Waals surface area contributed by atoms with Crippen LogP contribution in [0.25, 0.3) is 0 Å². The average molecular weight is 497 g/mol. The maximum Gasteiger partial charge on any atom is 0.261 e. The molecule has 0 spiro atoms. The van der Waals surface area contributed by atoms with Crippen LogP contribution in [-0.2, 0) is 14.3 Å². The zero-order valence-electron chi connectivity index (χ0n) is 18.4. The highest BCUT2D eigenvalue weighted by molar-refractivity contribution is 7.18. The van der Waals surface area contributed by atoms with Crippen LogP contribution in [0, 0.1) is 5.82 Å². The first-order valence-corrected chi connectivity index (χ1v) is 11.8. The van der Waals surface area contributed by atoms with E-state index in [1.165, 1.54) is 17.0 Å². The Hall–Kier alpha value is -2.53. The van der Waals surface area contributed by atoms with Crippen molar-refractivity contribution in [3.63, 3.8) is 0 Å². The molecule has 1 aliphatic heterocycles. The average Bonchev–Trinajstić information content (AvgIpc) is 3.23. The number of thiophene rings is 1. The molecule has 0 saturated carbocycles. The van der Waals surface area contributed by atoms with Crippen molar-refractivity contribution >= 4 is 52.0 Å². The van der Waals surface area contributed by atoms with Crippen LogP contribution >= 0.6 is 22.9 Å². The summed E-state index contributed by atoms with van der Waals surface area (Å²) in [6.07, 6.45) is 0. The van der Waals surface area contributed by atoms with Gasteiger partial charge in [-0.05, 0) is 43.4 Å². The molecule has 1 fully saturated rings. The van der Waals surface area contributed by atoms with Gasteiger partial charge in [-0.3, -0.25) is 19.3 Å². The van der Waals surface area contributed by atoms with Crippen LogP contribution in [0.5, 0.6) is 0 Å². The molecule has 0 radical (unpaired) electrons. The molecule has 0 unspecified atom stereocenters. The third kappa shape index (κ3) is 6.29. The molecule has 3 amide bonds. The van der Waals surface area contributed by atoms with Gasteiger partial charge in [0.15, 0.2) is 0 Å². The molecule has 2 heterocycles. The number of benzene rings is 1. The normalized spacial score (nSPS) is 14.9. The molecule has 0 aliphatic carbocycles. The number of hydrogen-bond donors (Lipinski definition) is 2. The largest absolute Gasteiger partial charge is 0.370 e. The van der Waals surface area contributed by atoms with E-state index in [0.717, 1.165) is 11.3 Å². The number of likely N-dealkylation sites (N-methyl/N-ethyl adjacent to an activating group) is 1. The summed E-state index contributed by atoms with van der Waals surface area (Å²) in [5.41, 5.74) is 0.402. The third-order valence-corrected chi connectivity index (χ3v) is 6.53. The van der Waals surface area contributed by atoms with E-state index in [1.807, 2.05) is 18.7 Å². The van der Waals surface area contributed by atoms with E-state index < -0.39 is 11.9 Å².